The van der Waals surface area contributed by atoms with Crippen molar-refractivity contribution >= 4 is 17.5 Å². The highest BCUT2D eigenvalue weighted by molar-refractivity contribution is 6.06. The number of para-hydroxylation sites is 1. The lowest BCUT2D eigenvalue weighted by Gasteiger charge is -2.25. The van der Waals surface area contributed by atoms with Gasteiger partial charge in [-0.15, -0.1) is 0 Å². The minimum absolute atomic E-state index is 0.0465. The third kappa shape index (κ3) is 3.16. The van der Waals surface area contributed by atoms with Crippen molar-refractivity contribution in [3.8, 4) is 0 Å². The fourth-order valence-electron chi connectivity index (χ4n) is 3.69. The van der Waals surface area contributed by atoms with Crippen LogP contribution >= 0.6 is 0 Å². The molecule has 1 unspecified atom stereocenters. The molecule has 1 aliphatic heterocycles. The Morgan fingerprint density at radius 3 is 2.68 bits per heavy atom. The van der Waals surface area contributed by atoms with E-state index in [1.54, 1.807) is 4.90 Å². The van der Waals surface area contributed by atoms with E-state index in [9.17, 15) is 9.59 Å². The molecule has 1 heterocycles. The first-order valence-electron chi connectivity index (χ1n) is 8.34. The van der Waals surface area contributed by atoms with Crippen molar-refractivity contribution in [3.05, 3.63) is 29.8 Å². The Bertz CT molecular complexity index is 564. The summed E-state index contributed by atoms with van der Waals surface area (Å²) in [7, 11) is 0. The van der Waals surface area contributed by atoms with Crippen LogP contribution in [-0.4, -0.2) is 23.9 Å². The van der Waals surface area contributed by atoms with Crippen LogP contribution < -0.4 is 10.2 Å². The van der Waals surface area contributed by atoms with Gasteiger partial charge in [-0.1, -0.05) is 37.5 Å². The van der Waals surface area contributed by atoms with Crippen LogP contribution in [0.5, 0.6) is 0 Å². The van der Waals surface area contributed by atoms with Crippen LogP contribution in [0, 0.1) is 0 Å². The first-order valence-corrected chi connectivity index (χ1v) is 8.34. The molecule has 1 saturated carbocycles. The Balaban J connectivity index is 1.60. The highest BCUT2D eigenvalue weighted by Crippen LogP contribution is 2.32. The van der Waals surface area contributed by atoms with E-state index >= 15 is 0 Å². The number of fused-ring (bicyclic) bond motifs is 1. The zero-order chi connectivity index (χ0) is 15.5. The normalized spacial score (nSPS) is 21.5. The number of carbonyl (C=O) groups is 2. The van der Waals surface area contributed by atoms with Crippen LogP contribution in [0.1, 0.15) is 51.0 Å². The number of hydrogen-bond acceptors (Lipinski definition) is 2. The van der Waals surface area contributed by atoms with Gasteiger partial charge >= 0.3 is 0 Å². The average Bonchev–Trinajstić information content (AvgIpc) is 2.83. The third-order valence-electron chi connectivity index (χ3n) is 4.76. The fourth-order valence-corrected chi connectivity index (χ4v) is 3.69. The maximum absolute atomic E-state index is 12.5. The number of anilines is 1. The molecule has 1 aromatic rings. The van der Waals surface area contributed by atoms with Crippen LogP contribution in [0.4, 0.5) is 5.69 Å². The summed E-state index contributed by atoms with van der Waals surface area (Å²) in [5, 5.41) is 3.03. The summed E-state index contributed by atoms with van der Waals surface area (Å²) in [5.74, 6) is -0.223. The van der Waals surface area contributed by atoms with Gasteiger partial charge < -0.3 is 10.2 Å². The Morgan fingerprint density at radius 2 is 1.91 bits per heavy atom. The molecule has 1 aromatic carbocycles. The lowest BCUT2D eigenvalue weighted by atomic mass is 9.95. The summed E-state index contributed by atoms with van der Waals surface area (Å²) in [6, 6.07) is 8.36. The molecule has 4 nitrogen and oxygen atoms in total. The van der Waals surface area contributed by atoms with Gasteiger partial charge in [0.2, 0.25) is 11.8 Å². The van der Waals surface area contributed by atoms with Crippen molar-refractivity contribution in [1.29, 1.82) is 0 Å². The maximum atomic E-state index is 12.5. The van der Waals surface area contributed by atoms with Crippen molar-refractivity contribution in [2.45, 2.75) is 64.0 Å². The predicted molar refractivity (Wildman–Crippen MR) is 86.7 cm³/mol. The first kappa shape index (κ1) is 15.1. The smallest absolute Gasteiger partial charge is 0.236 e. The van der Waals surface area contributed by atoms with Crippen LogP contribution in [0.2, 0.25) is 0 Å². The molecule has 118 valence electrons. The molecule has 0 bridgehead atoms. The molecule has 22 heavy (non-hydrogen) atoms. The Morgan fingerprint density at radius 1 is 1.18 bits per heavy atom. The van der Waals surface area contributed by atoms with Crippen molar-refractivity contribution in [2.75, 3.05) is 4.90 Å². The van der Waals surface area contributed by atoms with Gasteiger partial charge in [0.25, 0.3) is 0 Å². The highest BCUT2D eigenvalue weighted by atomic mass is 16.2. The van der Waals surface area contributed by atoms with E-state index in [0.717, 1.165) is 24.9 Å². The van der Waals surface area contributed by atoms with Gasteiger partial charge in [0.15, 0.2) is 0 Å². The maximum Gasteiger partial charge on any atom is 0.236 e. The van der Waals surface area contributed by atoms with E-state index in [-0.39, 0.29) is 30.3 Å². The number of hydrogen-bond donors (Lipinski definition) is 1. The molecule has 1 fully saturated rings. The summed E-state index contributed by atoms with van der Waals surface area (Å²) in [6.07, 6.45) is 6.52. The highest BCUT2D eigenvalue weighted by Gasteiger charge is 2.31. The molecule has 1 N–H and O–H groups in total. The Hall–Kier alpha value is -1.84. The minimum Gasteiger partial charge on any atom is -0.353 e. The predicted octanol–water partition coefficient (Wildman–Crippen LogP) is 2.80. The van der Waals surface area contributed by atoms with E-state index in [1.807, 2.05) is 25.1 Å². The molecule has 3 rings (SSSR count). The summed E-state index contributed by atoms with van der Waals surface area (Å²) >= 11 is 0. The van der Waals surface area contributed by atoms with Gasteiger partial charge in [-0.25, -0.2) is 0 Å². The van der Waals surface area contributed by atoms with Crippen LogP contribution in [-0.2, 0) is 16.0 Å². The molecule has 0 radical (unpaired) electrons. The largest absolute Gasteiger partial charge is 0.353 e. The number of nitrogens with one attached hydrogen (secondary N) is 1. The molecule has 0 aromatic heterocycles. The number of nitrogens with zero attached hydrogens (tertiary/aromatic N) is 1. The van der Waals surface area contributed by atoms with Crippen LogP contribution in [0.15, 0.2) is 24.3 Å². The Labute approximate surface area is 131 Å². The van der Waals surface area contributed by atoms with Crippen molar-refractivity contribution < 1.29 is 9.59 Å². The van der Waals surface area contributed by atoms with Gasteiger partial charge in [-0.2, -0.15) is 0 Å². The molecule has 2 amide bonds. The van der Waals surface area contributed by atoms with Crippen LogP contribution in [0.25, 0.3) is 0 Å². The average molecular weight is 300 g/mol. The van der Waals surface area contributed by atoms with Gasteiger partial charge in [0.05, 0.1) is 0 Å². The summed E-state index contributed by atoms with van der Waals surface area (Å²) in [5.41, 5.74) is 2.15. The van der Waals surface area contributed by atoms with E-state index in [0.29, 0.717) is 0 Å². The second kappa shape index (κ2) is 6.51. The van der Waals surface area contributed by atoms with Crippen molar-refractivity contribution in [1.82, 2.24) is 5.32 Å². The SMILES string of the molecule is CC1Cc2ccccc2N1C(=O)CC(=O)NC1CCCCC1. The first-order chi connectivity index (χ1) is 10.6. The van der Waals surface area contributed by atoms with E-state index in [1.165, 1.54) is 24.8 Å². The van der Waals surface area contributed by atoms with Crippen molar-refractivity contribution in [3.63, 3.8) is 0 Å². The van der Waals surface area contributed by atoms with Gasteiger partial charge in [-0.05, 0) is 37.8 Å². The summed E-state index contributed by atoms with van der Waals surface area (Å²) < 4.78 is 0. The minimum atomic E-state index is -0.131. The summed E-state index contributed by atoms with van der Waals surface area (Å²) in [6.45, 7) is 2.04. The van der Waals surface area contributed by atoms with Gasteiger partial charge in [0.1, 0.15) is 6.42 Å². The van der Waals surface area contributed by atoms with E-state index in [4.69, 9.17) is 0 Å². The number of benzene rings is 1. The standard InChI is InChI=1S/C18H24N2O2/c1-13-11-14-7-5-6-10-16(14)20(13)18(22)12-17(21)19-15-8-3-2-4-9-15/h5-7,10,13,15H,2-4,8-9,11-12H2,1H3,(H,19,21). The topological polar surface area (TPSA) is 49.4 Å². The second-order valence-corrected chi connectivity index (χ2v) is 6.52. The van der Waals surface area contributed by atoms with E-state index < -0.39 is 0 Å². The summed E-state index contributed by atoms with van der Waals surface area (Å²) in [4.78, 5) is 26.5. The quantitative estimate of drug-likeness (QED) is 0.873. The monoisotopic (exact) mass is 300 g/mol. The molecular formula is C18H24N2O2. The molecule has 1 aliphatic carbocycles. The second-order valence-electron chi connectivity index (χ2n) is 6.52. The third-order valence-corrected chi connectivity index (χ3v) is 4.76. The molecule has 0 spiro atoms. The number of amides is 2. The number of rotatable bonds is 3. The van der Waals surface area contributed by atoms with Crippen LogP contribution in [0.3, 0.4) is 0 Å². The lowest BCUT2D eigenvalue weighted by Crippen LogP contribution is -2.42. The molecule has 2 aliphatic rings. The molecule has 0 saturated heterocycles. The zero-order valence-corrected chi connectivity index (χ0v) is 13.2. The zero-order valence-electron chi connectivity index (χ0n) is 13.2. The molecule has 4 heteroatoms. The molecule has 1 atom stereocenters. The lowest BCUT2D eigenvalue weighted by molar-refractivity contribution is -0.128. The van der Waals surface area contributed by atoms with E-state index in [2.05, 4.69) is 11.4 Å². The Kier molecular flexibility index (Phi) is 4.46. The van der Waals surface area contributed by atoms with Crippen molar-refractivity contribution in [2.24, 2.45) is 0 Å². The van der Waals surface area contributed by atoms with Gasteiger partial charge in [0, 0.05) is 17.8 Å². The molecular weight excluding hydrogens is 276 g/mol. The van der Waals surface area contributed by atoms with Gasteiger partial charge in [-0.3, -0.25) is 9.59 Å². The number of carbonyl (C=O) groups excluding carboxylic acids is 2. The fraction of sp³-hybridized carbons (Fsp3) is 0.556.